The molecule has 0 saturated carbocycles. The fourth-order valence-electron chi connectivity index (χ4n) is 2.36. The van der Waals surface area contributed by atoms with E-state index in [9.17, 15) is 4.79 Å². The van der Waals surface area contributed by atoms with Crippen molar-refractivity contribution in [2.45, 2.75) is 6.92 Å². The number of rotatable bonds is 5. The van der Waals surface area contributed by atoms with Crippen LogP contribution in [0.5, 0.6) is 17.2 Å². The van der Waals surface area contributed by atoms with Crippen LogP contribution in [0.3, 0.4) is 0 Å². The third-order valence-corrected chi connectivity index (χ3v) is 3.74. The summed E-state index contributed by atoms with van der Waals surface area (Å²) in [6.45, 7) is 3.14. The van der Waals surface area contributed by atoms with Gasteiger partial charge in [0.05, 0.1) is 6.54 Å². The molecule has 0 saturated heterocycles. The molecule has 3 rings (SSSR count). The molecule has 0 aliphatic carbocycles. The molecule has 0 spiro atoms. The smallest absolute Gasteiger partial charge is 0.253 e. The molecule has 5 nitrogen and oxygen atoms in total. The molecule has 1 aliphatic heterocycles. The van der Waals surface area contributed by atoms with Crippen LogP contribution >= 0.6 is 0 Å². The van der Waals surface area contributed by atoms with Crippen molar-refractivity contribution in [1.29, 1.82) is 0 Å². The Bertz CT molecular complexity index is 714. The number of nitrogens with zero attached hydrogens (tertiary/aromatic N) is 1. The summed E-state index contributed by atoms with van der Waals surface area (Å²) in [6, 6.07) is 13.0. The summed E-state index contributed by atoms with van der Waals surface area (Å²) >= 11 is 0. The zero-order chi connectivity index (χ0) is 16.2. The molecule has 0 atom stereocenters. The number of para-hydroxylation sites is 1. The lowest BCUT2D eigenvalue weighted by Crippen LogP contribution is -2.30. The van der Waals surface area contributed by atoms with Crippen LogP contribution in [-0.4, -0.2) is 37.8 Å². The van der Waals surface area contributed by atoms with E-state index in [2.05, 4.69) is 0 Å². The van der Waals surface area contributed by atoms with E-state index in [1.165, 1.54) is 0 Å². The average molecular weight is 313 g/mol. The van der Waals surface area contributed by atoms with Crippen LogP contribution < -0.4 is 14.2 Å². The minimum Gasteiger partial charge on any atom is -0.491 e. The summed E-state index contributed by atoms with van der Waals surface area (Å²) in [6.07, 6.45) is 0. The number of fused-ring (bicyclic) bond motifs is 1. The molecule has 0 aromatic heterocycles. The molecule has 1 aliphatic rings. The summed E-state index contributed by atoms with van der Waals surface area (Å²) in [5.41, 5.74) is 1.66. The zero-order valence-corrected chi connectivity index (χ0v) is 13.2. The molecule has 0 N–H and O–H groups in total. The molecule has 0 unspecified atom stereocenters. The highest BCUT2D eigenvalue weighted by atomic mass is 16.7. The predicted octanol–water partition coefficient (Wildman–Crippen LogP) is 2.87. The number of hydrogen-bond donors (Lipinski definition) is 0. The van der Waals surface area contributed by atoms with E-state index < -0.39 is 0 Å². The second-order valence-corrected chi connectivity index (χ2v) is 5.41. The molecule has 0 radical (unpaired) electrons. The minimum atomic E-state index is -0.0725. The van der Waals surface area contributed by atoms with E-state index in [0.29, 0.717) is 30.2 Å². The number of hydrogen-bond acceptors (Lipinski definition) is 4. The molecule has 23 heavy (non-hydrogen) atoms. The third-order valence-electron chi connectivity index (χ3n) is 3.74. The molecule has 1 heterocycles. The normalized spacial score (nSPS) is 12.1. The van der Waals surface area contributed by atoms with Gasteiger partial charge in [-0.25, -0.2) is 0 Å². The van der Waals surface area contributed by atoms with E-state index in [-0.39, 0.29) is 12.7 Å². The molecule has 0 fully saturated rings. The standard InChI is InChI=1S/C18H19NO4/c1-13-5-3-4-6-15(13)21-10-9-19(2)18(20)14-7-8-16-17(11-14)23-12-22-16/h3-8,11H,9-10,12H2,1-2H3. The molecule has 5 heteroatoms. The van der Waals surface area contributed by atoms with Crippen LogP contribution in [0.1, 0.15) is 15.9 Å². The highest BCUT2D eigenvalue weighted by molar-refractivity contribution is 5.94. The Morgan fingerprint density at radius 1 is 1.17 bits per heavy atom. The average Bonchev–Trinajstić information content (AvgIpc) is 3.03. The fraction of sp³-hybridized carbons (Fsp3) is 0.278. The number of amides is 1. The maximum absolute atomic E-state index is 12.4. The van der Waals surface area contributed by atoms with Crippen LogP contribution in [0, 0.1) is 6.92 Å². The van der Waals surface area contributed by atoms with Gasteiger partial charge in [0.25, 0.3) is 5.91 Å². The van der Waals surface area contributed by atoms with E-state index >= 15 is 0 Å². The lowest BCUT2D eigenvalue weighted by atomic mass is 10.2. The first-order valence-electron chi connectivity index (χ1n) is 7.48. The van der Waals surface area contributed by atoms with Crippen molar-refractivity contribution < 1.29 is 19.0 Å². The highest BCUT2D eigenvalue weighted by Gasteiger charge is 2.18. The van der Waals surface area contributed by atoms with Gasteiger partial charge in [-0.1, -0.05) is 18.2 Å². The van der Waals surface area contributed by atoms with Crippen molar-refractivity contribution in [3.05, 3.63) is 53.6 Å². The molecule has 2 aromatic rings. The van der Waals surface area contributed by atoms with Gasteiger partial charge < -0.3 is 19.1 Å². The summed E-state index contributed by atoms with van der Waals surface area (Å²) in [5.74, 6) is 2.06. The Kier molecular flexibility index (Phi) is 4.37. The quantitative estimate of drug-likeness (QED) is 0.851. The van der Waals surface area contributed by atoms with Gasteiger partial charge in [0.15, 0.2) is 11.5 Å². The molecule has 2 aromatic carbocycles. The summed E-state index contributed by atoms with van der Waals surface area (Å²) in [4.78, 5) is 14.1. The van der Waals surface area contributed by atoms with Gasteiger partial charge in [-0.05, 0) is 36.8 Å². The van der Waals surface area contributed by atoms with Crippen LogP contribution in [-0.2, 0) is 0 Å². The zero-order valence-electron chi connectivity index (χ0n) is 13.2. The van der Waals surface area contributed by atoms with Gasteiger partial charge >= 0.3 is 0 Å². The van der Waals surface area contributed by atoms with Crippen molar-refractivity contribution >= 4 is 5.91 Å². The molecule has 0 bridgehead atoms. The number of benzene rings is 2. The Morgan fingerprint density at radius 3 is 2.78 bits per heavy atom. The SMILES string of the molecule is Cc1ccccc1OCCN(C)C(=O)c1ccc2c(c1)OCO2. The number of ether oxygens (including phenoxy) is 3. The Hall–Kier alpha value is -2.69. The maximum Gasteiger partial charge on any atom is 0.253 e. The third kappa shape index (κ3) is 3.39. The van der Waals surface area contributed by atoms with Gasteiger partial charge in [-0.3, -0.25) is 4.79 Å². The van der Waals surface area contributed by atoms with Crippen molar-refractivity contribution in [3.8, 4) is 17.2 Å². The monoisotopic (exact) mass is 313 g/mol. The van der Waals surface area contributed by atoms with E-state index in [0.717, 1.165) is 11.3 Å². The Labute approximate surface area is 135 Å². The molecular formula is C18H19NO4. The first kappa shape index (κ1) is 15.2. The lowest BCUT2D eigenvalue weighted by molar-refractivity contribution is 0.0773. The topological polar surface area (TPSA) is 48.0 Å². The Morgan fingerprint density at radius 2 is 1.96 bits per heavy atom. The number of carbonyl (C=O) groups excluding carboxylic acids is 1. The second kappa shape index (κ2) is 6.60. The summed E-state index contributed by atoms with van der Waals surface area (Å²) in [7, 11) is 1.76. The van der Waals surface area contributed by atoms with Crippen LogP contribution in [0.2, 0.25) is 0 Å². The number of aryl methyl sites for hydroxylation is 1. The maximum atomic E-state index is 12.4. The van der Waals surface area contributed by atoms with Gasteiger partial charge in [0, 0.05) is 12.6 Å². The molecule has 120 valence electrons. The van der Waals surface area contributed by atoms with Crippen molar-refractivity contribution in [3.63, 3.8) is 0 Å². The summed E-state index contributed by atoms with van der Waals surface area (Å²) < 4.78 is 16.3. The predicted molar refractivity (Wildman–Crippen MR) is 86.2 cm³/mol. The van der Waals surface area contributed by atoms with Gasteiger partial charge in [0.1, 0.15) is 12.4 Å². The minimum absolute atomic E-state index is 0.0725. The van der Waals surface area contributed by atoms with Crippen LogP contribution in [0.15, 0.2) is 42.5 Å². The van der Waals surface area contributed by atoms with Crippen LogP contribution in [0.25, 0.3) is 0 Å². The van der Waals surface area contributed by atoms with Gasteiger partial charge in [-0.2, -0.15) is 0 Å². The lowest BCUT2D eigenvalue weighted by Gasteiger charge is -2.18. The summed E-state index contributed by atoms with van der Waals surface area (Å²) in [5, 5.41) is 0. The Balaban J connectivity index is 1.56. The number of carbonyl (C=O) groups is 1. The van der Waals surface area contributed by atoms with Crippen LogP contribution in [0.4, 0.5) is 0 Å². The fourth-order valence-corrected chi connectivity index (χ4v) is 2.36. The molecule has 1 amide bonds. The number of likely N-dealkylation sites (N-methyl/N-ethyl adjacent to an activating group) is 1. The van der Waals surface area contributed by atoms with Gasteiger partial charge in [-0.15, -0.1) is 0 Å². The first-order chi connectivity index (χ1) is 11.1. The van der Waals surface area contributed by atoms with Crippen molar-refractivity contribution in [2.75, 3.05) is 27.0 Å². The van der Waals surface area contributed by atoms with Crippen molar-refractivity contribution in [2.24, 2.45) is 0 Å². The largest absolute Gasteiger partial charge is 0.491 e. The van der Waals surface area contributed by atoms with E-state index in [1.54, 1.807) is 30.1 Å². The van der Waals surface area contributed by atoms with E-state index in [1.807, 2.05) is 31.2 Å². The highest BCUT2D eigenvalue weighted by Crippen LogP contribution is 2.32. The molecular weight excluding hydrogens is 294 g/mol. The van der Waals surface area contributed by atoms with Crippen molar-refractivity contribution in [1.82, 2.24) is 4.90 Å². The first-order valence-corrected chi connectivity index (χ1v) is 7.48. The van der Waals surface area contributed by atoms with E-state index in [4.69, 9.17) is 14.2 Å². The second-order valence-electron chi connectivity index (χ2n) is 5.41. The van der Waals surface area contributed by atoms with Gasteiger partial charge in [0.2, 0.25) is 6.79 Å².